The van der Waals surface area contributed by atoms with Crippen molar-refractivity contribution in [3.05, 3.63) is 83.6 Å². The van der Waals surface area contributed by atoms with Gasteiger partial charge in [-0.1, -0.05) is 0 Å². The predicted molar refractivity (Wildman–Crippen MR) is 109 cm³/mol. The first-order valence-corrected chi connectivity index (χ1v) is 8.91. The Labute approximate surface area is 168 Å². The molecule has 1 aromatic heterocycles. The summed E-state index contributed by atoms with van der Waals surface area (Å²) in [6.45, 7) is 2.05. The fourth-order valence-corrected chi connectivity index (χ4v) is 2.49. The third kappa shape index (κ3) is 5.17. The largest absolute Gasteiger partial charge is 0.462 e. The maximum absolute atomic E-state index is 12.4. The number of nitrogens with one attached hydrogen (secondary N) is 2. The molecule has 1 heterocycles. The van der Waals surface area contributed by atoms with Gasteiger partial charge < -0.3 is 15.4 Å². The average Bonchev–Trinajstić information content (AvgIpc) is 2.75. The molecule has 0 aliphatic rings. The quantitative estimate of drug-likeness (QED) is 0.618. The molecule has 0 spiro atoms. The van der Waals surface area contributed by atoms with Crippen LogP contribution in [0.2, 0.25) is 0 Å². The molecule has 0 fully saturated rings. The van der Waals surface area contributed by atoms with Gasteiger partial charge in [0.25, 0.3) is 5.91 Å². The van der Waals surface area contributed by atoms with Crippen molar-refractivity contribution < 1.29 is 14.3 Å². The number of carbonyl (C=O) groups is 2. The summed E-state index contributed by atoms with van der Waals surface area (Å²) in [4.78, 5) is 28.3. The number of carbonyl (C=O) groups excluding carboxylic acids is 2. The van der Waals surface area contributed by atoms with Crippen LogP contribution in [0.5, 0.6) is 0 Å². The lowest BCUT2D eigenvalue weighted by Crippen LogP contribution is -2.12. The summed E-state index contributed by atoms with van der Waals surface area (Å²) in [7, 11) is 0. The lowest BCUT2D eigenvalue weighted by atomic mass is 10.2. The van der Waals surface area contributed by atoms with Gasteiger partial charge in [0.05, 0.1) is 29.4 Å². The Kier molecular flexibility index (Phi) is 6.18. The molecule has 0 bridgehead atoms. The normalized spacial score (nSPS) is 9.93. The molecule has 0 radical (unpaired) electrons. The maximum atomic E-state index is 12.4. The molecule has 3 aromatic rings. The summed E-state index contributed by atoms with van der Waals surface area (Å²) in [5.41, 5.74) is 2.73. The average molecular weight is 386 g/mol. The number of nitrogens with zero attached hydrogens (tertiary/aromatic N) is 2. The van der Waals surface area contributed by atoms with Gasteiger partial charge in [-0.2, -0.15) is 5.26 Å². The summed E-state index contributed by atoms with van der Waals surface area (Å²) in [5.74, 6) is -0.142. The van der Waals surface area contributed by atoms with Crippen LogP contribution in [0.3, 0.4) is 0 Å². The molecule has 1 amide bonds. The summed E-state index contributed by atoms with van der Waals surface area (Å²) in [6, 6.07) is 18.8. The monoisotopic (exact) mass is 386 g/mol. The highest BCUT2D eigenvalue weighted by atomic mass is 16.5. The Morgan fingerprint density at radius 1 is 0.966 bits per heavy atom. The van der Waals surface area contributed by atoms with Crippen molar-refractivity contribution >= 4 is 29.1 Å². The fraction of sp³-hybridized carbons (Fsp3) is 0.0909. The molecule has 0 unspecified atom stereocenters. The number of ether oxygens (including phenoxy) is 1. The standard InChI is InChI=1S/C22H18N4O3/c1-2-29-22(28)16-5-10-19(11-6-16)26-21(27)17-7-12-20(24-14-17)25-18-8-3-15(13-23)4-9-18/h3-12,14H,2H2,1H3,(H,24,25)(H,26,27). The molecular weight excluding hydrogens is 368 g/mol. The van der Waals surface area contributed by atoms with Crippen LogP contribution in [-0.2, 0) is 4.74 Å². The van der Waals surface area contributed by atoms with Gasteiger partial charge >= 0.3 is 5.97 Å². The van der Waals surface area contributed by atoms with Crippen molar-refractivity contribution in [3.8, 4) is 6.07 Å². The van der Waals surface area contributed by atoms with Crippen molar-refractivity contribution in [1.82, 2.24) is 4.98 Å². The molecule has 7 heteroatoms. The Bertz CT molecular complexity index is 1040. The number of rotatable bonds is 6. The SMILES string of the molecule is CCOC(=O)c1ccc(NC(=O)c2ccc(Nc3ccc(C#N)cc3)nc2)cc1. The molecule has 0 atom stereocenters. The van der Waals surface area contributed by atoms with E-state index in [-0.39, 0.29) is 5.91 Å². The van der Waals surface area contributed by atoms with E-state index >= 15 is 0 Å². The number of amides is 1. The molecule has 29 heavy (non-hydrogen) atoms. The Morgan fingerprint density at radius 2 is 1.62 bits per heavy atom. The first kappa shape index (κ1) is 19.6. The summed E-state index contributed by atoms with van der Waals surface area (Å²) >= 11 is 0. The van der Waals surface area contributed by atoms with Crippen molar-refractivity contribution in [2.45, 2.75) is 6.92 Å². The van der Waals surface area contributed by atoms with Crippen LogP contribution < -0.4 is 10.6 Å². The van der Waals surface area contributed by atoms with Crippen molar-refractivity contribution in [2.24, 2.45) is 0 Å². The molecular formula is C22H18N4O3. The van der Waals surface area contributed by atoms with Crippen LogP contribution in [0.4, 0.5) is 17.2 Å². The molecule has 7 nitrogen and oxygen atoms in total. The predicted octanol–water partition coefficient (Wildman–Crippen LogP) is 4.13. The summed E-state index contributed by atoms with van der Waals surface area (Å²) in [6.07, 6.45) is 1.47. The van der Waals surface area contributed by atoms with Gasteiger partial charge in [0, 0.05) is 17.6 Å². The number of esters is 1. The van der Waals surface area contributed by atoms with Crippen molar-refractivity contribution in [1.29, 1.82) is 5.26 Å². The third-order valence-electron chi connectivity index (χ3n) is 3.97. The second-order valence-electron chi connectivity index (χ2n) is 6.00. The van der Waals surface area contributed by atoms with Gasteiger partial charge in [-0.3, -0.25) is 4.79 Å². The van der Waals surface area contributed by atoms with E-state index in [2.05, 4.69) is 21.7 Å². The van der Waals surface area contributed by atoms with Crippen LogP contribution in [0.25, 0.3) is 0 Å². The van der Waals surface area contributed by atoms with E-state index in [0.717, 1.165) is 5.69 Å². The van der Waals surface area contributed by atoms with Gasteiger partial charge in [-0.15, -0.1) is 0 Å². The van der Waals surface area contributed by atoms with E-state index in [1.165, 1.54) is 6.20 Å². The minimum atomic E-state index is -0.403. The van der Waals surface area contributed by atoms with Crippen molar-refractivity contribution in [2.75, 3.05) is 17.2 Å². The molecule has 0 saturated heterocycles. The zero-order chi connectivity index (χ0) is 20.6. The second kappa shape index (κ2) is 9.15. The molecule has 0 saturated carbocycles. The van der Waals surface area contributed by atoms with E-state index in [1.807, 2.05) is 0 Å². The van der Waals surface area contributed by atoms with Gasteiger partial charge in [0.2, 0.25) is 0 Å². The maximum Gasteiger partial charge on any atom is 0.338 e. The molecule has 3 rings (SSSR count). The summed E-state index contributed by atoms with van der Waals surface area (Å²) < 4.78 is 4.93. The lowest BCUT2D eigenvalue weighted by molar-refractivity contribution is 0.0526. The number of hydrogen-bond acceptors (Lipinski definition) is 6. The highest BCUT2D eigenvalue weighted by Crippen LogP contribution is 2.16. The fourth-order valence-electron chi connectivity index (χ4n) is 2.49. The van der Waals surface area contributed by atoms with Crippen molar-refractivity contribution in [3.63, 3.8) is 0 Å². The molecule has 0 aliphatic heterocycles. The number of aromatic nitrogens is 1. The van der Waals surface area contributed by atoms with Crippen LogP contribution >= 0.6 is 0 Å². The van der Waals surface area contributed by atoms with Crippen LogP contribution in [0.15, 0.2) is 66.9 Å². The number of benzene rings is 2. The zero-order valence-corrected chi connectivity index (χ0v) is 15.7. The minimum Gasteiger partial charge on any atom is -0.462 e. The van der Waals surface area contributed by atoms with E-state index < -0.39 is 5.97 Å². The zero-order valence-electron chi connectivity index (χ0n) is 15.7. The highest BCUT2D eigenvalue weighted by molar-refractivity contribution is 6.04. The first-order chi connectivity index (χ1) is 14.1. The first-order valence-electron chi connectivity index (χ1n) is 8.91. The van der Waals surface area contributed by atoms with Gasteiger partial charge in [0.1, 0.15) is 5.82 Å². The van der Waals surface area contributed by atoms with Crippen LogP contribution in [0, 0.1) is 11.3 Å². The molecule has 144 valence electrons. The molecule has 2 N–H and O–H groups in total. The smallest absolute Gasteiger partial charge is 0.338 e. The number of hydrogen-bond donors (Lipinski definition) is 2. The Balaban J connectivity index is 1.61. The topological polar surface area (TPSA) is 104 Å². The van der Waals surface area contributed by atoms with E-state index in [4.69, 9.17) is 10.00 Å². The molecule has 2 aromatic carbocycles. The van der Waals surface area contributed by atoms with E-state index in [9.17, 15) is 9.59 Å². The van der Waals surface area contributed by atoms with Gasteiger partial charge in [0.15, 0.2) is 0 Å². The van der Waals surface area contributed by atoms with E-state index in [1.54, 1.807) is 67.6 Å². The highest BCUT2D eigenvalue weighted by Gasteiger charge is 2.09. The van der Waals surface area contributed by atoms with Gasteiger partial charge in [-0.05, 0) is 67.6 Å². The van der Waals surface area contributed by atoms with E-state index in [0.29, 0.717) is 34.8 Å². The van der Waals surface area contributed by atoms with Crippen LogP contribution in [-0.4, -0.2) is 23.5 Å². The minimum absolute atomic E-state index is 0.306. The lowest BCUT2D eigenvalue weighted by Gasteiger charge is -2.08. The Hall–Kier alpha value is -4.18. The number of anilines is 3. The van der Waals surface area contributed by atoms with Crippen LogP contribution in [0.1, 0.15) is 33.2 Å². The second-order valence-corrected chi connectivity index (χ2v) is 6.00. The third-order valence-corrected chi connectivity index (χ3v) is 3.97. The number of pyridine rings is 1. The summed E-state index contributed by atoms with van der Waals surface area (Å²) in [5, 5.41) is 14.7. The van der Waals surface area contributed by atoms with Gasteiger partial charge in [-0.25, -0.2) is 9.78 Å². The molecule has 0 aliphatic carbocycles. The Morgan fingerprint density at radius 3 is 2.21 bits per heavy atom. The number of nitriles is 1.